The van der Waals surface area contributed by atoms with Crippen molar-refractivity contribution in [3.8, 4) is 11.5 Å². The zero-order chi connectivity index (χ0) is 48.2. The van der Waals surface area contributed by atoms with E-state index in [-0.39, 0.29) is 72.0 Å². The first-order valence-corrected chi connectivity index (χ1v) is 23.9. The number of aliphatic hydroxyl groups excluding tert-OH is 1. The van der Waals surface area contributed by atoms with E-state index in [2.05, 4.69) is 38.0 Å². The van der Waals surface area contributed by atoms with Crippen LogP contribution in [0.5, 0.6) is 11.5 Å². The molecule has 0 spiro atoms. The van der Waals surface area contributed by atoms with Crippen LogP contribution in [0, 0.1) is 5.92 Å². The lowest BCUT2D eigenvalue weighted by atomic mass is 9.86. The van der Waals surface area contributed by atoms with Gasteiger partial charge in [0.15, 0.2) is 6.61 Å². The summed E-state index contributed by atoms with van der Waals surface area (Å²) in [4.78, 5) is 56.9. The number of pyridine rings is 1. The molecule has 1 aromatic heterocycles. The zero-order valence-corrected chi connectivity index (χ0v) is 38.6. The number of rotatable bonds is 19. The van der Waals surface area contributed by atoms with Crippen LogP contribution in [0.1, 0.15) is 82.8 Å². The van der Waals surface area contributed by atoms with Gasteiger partial charge in [-0.2, -0.15) is 0 Å². The molecule has 2 heterocycles. The molecule has 2 atom stereocenters. The van der Waals surface area contributed by atoms with Crippen LogP contribution in [0.2, 0.25) is 0 Å². The molecule has 5 aromatic carbocycles. The van der Waals surface area contributed by atoms with Gasteiger partial charge in [0, 0.05) is 47.8 Å². The lowest BCUT2D eigenvalue weighted by Gasteiger charge is -2.33. The lowest BCUT2D eigenvalue weighted by Crippen LogP contribution is -2.44. The number of likely N-dealkylation sites (tertiary alicyclic amines) is 1. The summed E-state index contributed by atoms with van der Waals surface area (Å²) in [6, 6.07) is 39.1. The molecule has 69 heavy (non-hydrogen) atoms. The third-order valence-electron chi connectivity index (χ3n) is 13.4. The van der Waals surface area contributed by atoms with E-state index in [9.17, 15) is 34.5 Å². The molecule has 2 fully saturated rings. The Morgan fingerprint density at radius 3 is 2.16 bits per heavy atom. The Morgan fingerprint density at radius 1 is 0.754 bits per heavy atom. The molecule has 0 radical (unpaired) electrons. The number of nitrogens with zero attached hydrogens (tertiary/aromatic N) is 1. The fourth-order valence-corrected chi connectivity index (χ4v) is 9.37. The van der Waals surface area contributed by atoms with E-state index in [1.54, 1.807) is 72.8 Å². The molecule has 1 aliphatic carbocycles. The minimum absolute atomic E-state index is 0.0288. The maximum atomic E-state index is 13.9. The standard InChI is InChI=1S/C55H61N5O9/c61-48-24-22-46(47-23-25-50(63)59-52(47)48)49(62)33-56-29-26-37-14-16-40(17-15-37)53(65)58-44-20-18-43(19-21-44)57-51(64)36-68-45-13-7-12-42(32-45)55(67,41-10-5-2-6-11-41)54(66)69-35-39-27-30-60(31-28-39)34-38-8-3-1-4-9-38/h1-17,22-25,32,39,43-44,49,56,61-62,67H,18-21,26-31,33-36H2,(H,57,64)(H,58,65)(H,59,63)/t43?,44?,49-,55?/m0/s1. The smallest absolute Gasteiger partial charge is 0.347 e. The molecule has 6 aromatic rings. The van der Waals surface area contributed by atoms with Gasteiger partial charge >= 0.3 is 5.97 Å². The fourth-order valence-electron chi connectivity index (χ4n) is 9.37. The van der Waals surface area contributed by atoms with Crippen molar-refractivity contribution >= 4 is 28.7 Å². The van der Waals surface area contributed by atoms with Crippen molar-refractivity contribution < 1.29 is 39.2 Å². The van der Waals surface area contributed by atoms with E-state index in [1.807, 2.05) is 36.4 Å². The highest BCUT2D eigenvalue weighted by atomic mass is 16.5. The van der Waals surface area contributed by atoms with E-state index in [0.717, 1.165) is 38.0 Å². The van der Waals surface area contributed by atoms with Gasteiger partial charge in [0.25, 0.3) is 11.8 Å². The van der Waals surface area contributed by atoms with Crippen LogP contribution in [-0.4, -0.2) is 94.5 Å². The number of amides is 2. The number of nitrogens with one attached hydrogen (secondary N) is 4. The molecule has 14 nitrogen and oxygen atoms in total. The fraction of sp³-hybridized carbons (Fsp3) is 0.345. The molecule has 2 aliphatic rings. The summed E-state index contributed by atoms with van der Waals surface area (Å²) in [5.74, 6) is -0.770. The molecule has 1 saturated carbocycles. The number of fused-ring (bicyclic) bond motifs is 1. The van der Waals surface area contributed by atoms with Crippen LogP contribution < -0.4 is 26.2 Å². The summed E-state index contributed by atoms with van der Waals surface area (Å²) in [6.45, 7) is 3.49. The van der Waals surface area contributed by atoms with Crippen LogP contribution in [-0.2, 0) is 32.9 Å². The minimum atomic E-state index is -2.10. The van der Waals surface area contributed by atoms with Gasteiger partial charge in [0.1, 0.15) is 11.5 Å². The molecule has 1 saturated heterocycles. The maximum absolute atomic E-state index is 13.9. The lowest BCUT2D eigenvalue weighted by molar-refractivity contribution is -0.164. The van der Waals surface area contributed by atoms with Gasteiger partial charge in [-0.15, -0.1) is 0 Å². The van der Waals surface area contributed by atoms with Crippen LogP contribution in [0.15, 0.2) is 138 Å². The topological polar surface area (TPSA) is 203 Å². The number of carbonyl (C=O) groups is 3. The number of esters is 1. The number of hydrogen-bond acceptors (Lipinski definition) is 11. The van der Waals surface area contributed by atoms with Gasteiger partial charge in [-0.1, -0.05) is 91.0 Å². The molecule has 0 bridgehead atoms. The quantitative estimate of drug-likeness (QED) is 0.0370. The van der Waals surface area contributed by atoms with E-state index in [4.69, 9.17) is 9.47 Å². The van der Waals surface area contributed by atoms with Crippen molar-refractivity contribution in [3.63, 3.8) is 0 Å². The van der Waals surface area contributed by atoms with Gasteiger partial charge in [-0.3, -0.25) is 19.3 Å². The van der Waals surface area contributed by atoms with E-state index in [1.165, 1.54) is 17.7 Å². The number of aromatic hydroxyl groups is 1. The molecule has 14 heteroatoms. The Balaban J connectivity index is 0.750. The molecule has 7 N–H and O–H groups in total. The van der Waals surface area contributed by atoms with Crippen LogP contribution in [0.4, 0.5) is 0 Å². The number of piperidine rings is 1. The first-order valence-electron chi connectivity index (χ1n) is 23.9. The highest BCUT2D eigenvalue weighted by Crippen LogP contribution is 2.34. The van der Waals surface area contributed by atoms with Crippen molar-refractivity contribution in [2.75, 3.05) is 39.4 Å². The summed E-state index contributed by atoms with van der Waals surface area (Å²) in [5, 5.41) is 43.2. The number of aliphatic hydroxyl groups is 2. The highest BCUT2D eigenvalue weighted by Gasteiger charge is 2.42. The molecular weight excluding hydrogens is 875 g/mol. The second-order valence-corrected chi connectivity index (χ2v) is 18.2. The molecule has 1 unspecified atom stereocenters. The molecule has 1 aliphatic heterocycles. The van der Waals surface area contributed by atoms with Crippen molar-refractivity contribution in [3.05, 3.63) is 177 Å². The van der Waals surface area contributed by atoms with Crippen LogP contribution in [0.3, 0.4) is 0 Å². The van der Waals surface area contributed by atoms with Gasteiger partial charge < -0.3 is 45.7 Å². The van der Waals surface area contributed by atoms with Crippen molar-refractivity contribution in [1.82, 2.24) is 25.8 Å². The van der Waals surface area contributed by atoms with E-state index in [0.29, 0.717) is 66.5 Å². The number of aromatic nitrogens is 1. The highest BCUT2D eigenvalue weighted by molar-refractivity contribution is 5.94. The number of ether oxygens (including phenoxy) is 2. The Bertz CT molecular complexity index is 2720. The zero-order valence-electron chi connectivity index (χ0n) is 38.6. The SMILES string of the molecule is O=C(COc1cccc(C(O)(C(=O)OCC2CCN(Cc3ccccc3)CC2)c2ccccc2)c1)NC1CCC(NC(=O)c2ccc(CCNC[C@H](O)c3ccc(O)c4[nH]c(=O)ccc34)cc2)CC1. The first-order chi connectivity index (χ1) is 33.5. The van der Waals surface area contributed by atoms with E-state index < -0.39 is 17.7 Å². The Kier molecular flexibility index (Phi) is 16.2. The van der Waals surface area contributed by atoms with Gasteiger partial charge in [-0.05, 0) is 129 Å². The number of phenols is 1. The molecule has 8 rings (SSSR count). The largest absolute Gasteiger partial charge is 0.506 e. The summed E-state index contributed by atoms with van der Waals surface area (Å²) in [7, 11) is 0. The first kappa shape index (κ1) is 48.6. The van der Waals surface area contributed by atoms with Crippen molar-refractivity contribution in [1.29, 1.82) is 0 Å². The van der Waals surface area contributed by atoms with Crippen LogP contribution in [0.25, 0.3) is 10.9 Å². The second kappa shape index (κ2) is 23.0. The predicted octanol–water partition coefficient (Wildman–Crippen LogP) is 6.03. The Morgan fingerprint density at radius 2 is 1.43 bits per heavy atom. The number of hydrogen-bond donors (Lipinski definition) is 7. The molecule has 2 amide bonds. The summed E-state index contributed by atoms with van der Waals surface area (Å²) >= 11 is 0. The van der Waals surface area contributed by atoms with Crippen molar-refractivity contribution in [2.45, 2.75) is 75.3 Å². The number of H-pyrrole nitrogens is 1. The summed E-state index contributed by atoms with van der Waals surface area (Å²) in [6.07, 6.45) is 4.38. The molecular formula is C55H61N5O9. The maximum Gasteiger partial charge on any atom is 0.347 e. The number of benzene rings is 5. The van der Waals surface area contributed by atoms with Gasteiger partial charge in [0.05, 0.1) is 18.2 Å². The van der Waals surface area contributed by atoms with Crippen molar-refractivity contribution in [2.24, 2.45) is 5.92 Å². The van der Waals surface area contributed by atoms with Gasteiger partial charge in [0.2, 0.25) is 11.2 Å². The molecule has 360 valence electrons. The normalized spacial score (nSPS) is 17.9. The third kappa shape index (κ3) is 12.6. The second-order valence-electron chi connectivity index (χ2n) is 18.2. The summed E-state index contributed by atoms with van der Waals surface area (Å²) in [5.41, 5.74) is 1.95. The predicted molar refractivity (Wildman–Crippen MR) is 263 cm³/mol. The van der Waals surface area contributed by atoms with Crippen LogP contribution >= 0.6 is 0 Å². The van der Waals surface area contributed by atoms with E-state index >= 15 is 0 Å². The third-order valence-corrected chi connectivity index (χ3v) is 13.4. The number of phenolic OH excluding ortho intramolecular Hbond substituents is 1. The Labute approximate surface area is 401 Å². The average molecular weight is 936 g/mol. The minimum Gasteiger partial charge on any atom is -0.506 e. The monoisotopic (exact) mass is 935 g/mol. The number of carbonyl (C=O) groups excluding carboxylic acids is 3. The number of aromatic amines is 1. The van der Waals surface area contributed by atoms with Gasteiger partial charge in [-0.25, -0.2) is 4.79 Å². The Hall–Kier alpha value is -6.84. The average Bonchev–Trinajstić information content (AvgIpc) is 3.38. The summed E-state index contributed by atoms with van der Waals surface area (Å²) < 4.78 is 11.8.